The van der Waals surface area contributed by atoms with E-state index < -0.39 is 18.4 Å². The van der Waals surface area contributed by atoms with Crippen molar-refractivity contribution in [2.24, 2.45) is 5.73 Å². The Morgan fingerprint density at radius 3 is 2.89 bits per heavy atom. The smallest absolute Gasteiger partial charge is 0.282 e. The van der Waals surface area contributed by atoms with Crippen molar-refractivity contribution in [3.05, 3.63) is 36.4 Å². The van der Waals surface area contributed by atoms with Crippen LogP contribution in [0.5, 0.6) is 0 Å². The number of nitrogens with two attached hydrogens (primary N) is 1. The predicted octanol–water partition coefficient (Wildman–Crippen LogP) is 0.776. The third-order valence-electron chi connectivity index (χ3n) is 4.81. The highest BCUT2D eigenvalue weighted by Gasteiger charge is 2.32. The molecular formula is C17H18F2N8O. The van der Waals surface area contributed by atoms with Crippen LogP contribution in [0.15, 0.2) is 30.7 Å². The molecule has 3 N–H and O–H groups in total. The van der Waals surface area contributed by atoms with E-state index >= 15 is 0 Å². The van der Waals surface area contributed by atoms with Gasteiger partial charge in [-0.05, 0) is 19.1 Å². The lowest BCUT2D eigenvalue weighted by Crippen LogP contribution is -2.61. The van der Waals surface area contributed by atoms with E-state index in [-0.39, 0.29) is 11.7 Å². The zero-order chi connectivity index (χ0) is 19.8. The Kier molecular flexibility index (Phi) is 4.59. The summed E-state index contributed by atoms with van der Waals surface area (Å²) in [5.41, 5.74) is 6.50. The molecule has 4 rings (SSSR count). The van der Waals surface area contributed by atoms with Crippen LogP contribution in [0.25, 0.3) is 17.0 Å². The molecule has 1 aliphatic rings. The maximum Gasteiger partial charge on any atom is 0.282 e. The van der Waals surface area contributed by atoms with Crippen molar-refractivity contribution in [2.75, 3.05) is 18.0 Å². The number of nitrogens with one attached hydrogen (secondary N) is 1. The van der Waals surface area contributed by atoms with E-state index in [1.807, 2.05) is 11.8 Å². The van der Waals surface area contributed by atoms with Gasteiger partial charge in [-0.2, -0.15) is 5.10 Å². The number of amides is 1. The lowest BCUT2D eigenvalue weighted by atomic mass is 10.0. The first-order chi connectivity index (χ1) is 13.5. The average molecular weight is 388 g/mol. The van der Waals surface area contributed by atoms with Gasteiger partial charge in [0.05, 0.1) is 17.9 Å². The molecule has 0 aliphatic carbocycles. The highest BCUT2D eigenvalue weighted by Crippen LogP contribution is 2.25. The Morgan fingerprint density at radius 1 is 1.32 bits per heavy atom. The molecule has 0 aromatic carbocycles. The van der Waals surface area contributed by atoms with Gasteiger partial charge in [-0.15, -0.1) is 0 Å². The minimum Gasteiger partial charge on any atom is -0.368 e. The van der Waals surface area contributed by atoms with Gasteiger partial charge in [-0.25, -0.2) is 28.2 Å². The van der Waals surface area contributed by atoms with Crippen LogP contribution in [-0.2, 0) is 4.79 Å². The molecule has 1 fully saturated rings. The fourth-order valence-corrected chi connectivity index (χ4v) is 3.38. The number of carbonyl (C=O) groups is 1. The molecule has 146 valence electrons. The Labute approximate surface area is 158 Å². The molecule has 1 amide bonds. The molecule has 0 radical (unpaired) electrons. The van der Waals surface area contributed by atoms with E-state index in [9.17, 15) is 13.6 Å². The van der Waals surface area contributed by atoms with E-state index in [0.29, 0.717) is 35.9 Å². The lowest BCUT2D eigenvalue weighted by Gasteiger charge is -2.39. The van der Waals surface area contributed by atoms with Crippen molar-refractivity contribution in [1.29, 1.82) is 0 Å². The molecule has 3 aromatic rings. The Bertz CT molecular complexity index is 1020. The Morgan fingerprint density at radius 2 is 2.14 bits per heavy atom. The van der Waals surface area contributed by atoms with E-state index in [0.717, 1.165) is 0 Å². The number of fused-ring (bicyclic) bond motifs is 1. The molecule has 3 aromatic heterocycles. The molecule has 0 saturated carbocycles. The fraction of sp³-hybridized carbons (Fsp3) is 0.353. The highest BCUT2D eigenvalue weighted by molar-refractivity contribution is 5.81. The summed E-state index contributed by atoms with van der Waals surface area (Å²) in [6.07, 6.45) is 0.222. The van der Waals surface area contributed by atoms with E-state index in [1.165, 1.54) is 29.2 Å². The maximum absolute atomic E-state index is 13.0. The molecule has 9 nitrogen and oxygen atoms in total. The zero-order valence-electron chi connectivity index (χ0n) is 15.0. The van der Waals surface area contributed by atoms with E-state index in [4.69, 9.17) is 5.73 Å². The van der Waals surface area contributed by atoms with Crippen LogP contribution in [0.1, 0.15) is 19.0 Å². The monoisotopic (exact) mass is 388 g/mol. The van der Waals surface area contributed by atoms with Crippen LogP contribution >= 0.6 is 0 Å². The number of aromatic nitrogens is 5. The van der Waals surface area contributed by atoms with Gasteiger partial charge < -0.3 is 16.0 Å². The number of carbonyl (C=O) groups excluding carboxylic acids is 1. The quantitative estimate of drug-likeness (QED) is 0.679. The van der Waals surface area contributed by atoms with Gasteiger partial charge in [-0.1, -0.05) is 0 Å². The zero-order valence-corrected chi connectivity index (χ0v) is 15.0. The van der Waals surface area contributed by atoms with Gasteiger partial charge in [0.2, 0.25) is 5.91 Å². The number of halogens is 2. The normalized spacial score (nSPS) is 20.1. The number of primary amides is 1. The number of imidazole rings is 1. The predicted molar refractivity (Wildman–Crippen MR) is 96.8 cm³/mol. The first kappa shape index (κ1) is 18.2. The molecule has 11 heteroatoms. The van der Waals surface area contributed by atoms with Gasteiger partial charge in [0.25, 0.3) is 6.43 Å². The SMILES string of the molecule is CC1C(C(N)=O)NCCN1c1cc(-c2cnc3ccc(C(F)F)nn23)ncn1. The summed E-state index contributed by atoms with van der Waals surface area (Å²) >= 11 is 0. The number of alkyl halides is 2. The summed E-state index contributed by atoms with van der Waals surface area (Å²) in [5, 5.41) is 7.06. The second-order valence-electron chi connectivity index (χ2n) is 6.50. The highest BCUT2D eigenvalue weighted by atomic mass is 19.3. The number of anilines is 1. The summed E-state index contributed by atoms with van der Waals surface area (Å²) in [6.45, 7) is 3.09. The van der Waals surface area contributed by atoms with Crippen molar-refractivity contribution in [2.45, 2.75) is 25.4 Å². The van der Waals surface area contributed by atoms with Crippen LogP contribution in [0.3, 0.4) is 0 Å². The summed E-state index contributed by atoms with van der Waals surface area (Å²) in [5.74, 6) is 0.169. The van der Waals surface area contributed by atoms with E-state index in [1.54, 1.807) is 6.07 Å². The minimum atomic E-state index is -2.69. The number of rotatable bonds is 4. The number of piperazine rings is 1. The van der Waals surface area contributed by atoms with Crippen LogP contribution in [0.4, 0.5) is 14.6 Å². The Hall–Kier alpha value is -3.21. The van der Waals surface area contributed by atoms with Crippen LogP contribution in [0, 0.1) is 0 Å². The van der Waals surface area contributed by atoms with Crippen molar-refractivity contribution in [1.82, 2.24) is 29.9 Å². The second kappa shape index (κ2) is 7.08. The minimum absolute atomic E-state index is 0.209. The number of nitrogens with zero attached hydrogens (tertiary/aromatic N) is 6. The summed E-state index contributed by atoms with van der Waals surface area (Å²) in [6, 6.07) is 3.74. The molecule has 2 unspecified atom stereocenters. The van der Waals surface area contributed by atoms with Crippen LogP contribution in [0.2, 0.25) is 0 Å². The maximum atomic E-state index is 13.0. The van der Waals surface area contributed by atoms with Crippen LogP contribution < -0.4 is 16.0 Å². The second-order valence-corrected chi connectivity index (χ2v) is 6.50. The first-order valence-electron chi connectivity index (χ1n) is 8.70. The van der Waals surface area contributed by atoms with Crippen molar-refractivity contribution < 1.29 is 13.6 Å². The van der Waals surface area contributed by atoms with Crippen molar-refractivity contribution in [3.8, 4) is 11.4 Å². The van der Waals surface area contributed by atoms with Crippen LogP contribution in [-0.4, -0.2) is 55.6 Å². The van der Waals surface area contributed by atoms with Gasteiger partial charge in [-0.3, -0.25) is 4.79 Å². The largest absolute Gasteiger partial charge is 0.368 e. The van der Waals surface area contributed by atoms with Gasteiger partial charge in [0, 0.05) is 19.2 Å². The number of hydrogen-bond acceptors (Lipinski definition) is 7. The summed E-state index contributed by atoms with van der Waals surface area (Å²) in [7, 11) is 0. The molecule has 1 saturated heterocycles. The third-order valence-corrected chi connectivity index (χ3v) is 4.81. The topological polar surface area (TPSA) is 114 Å². The van der Waals surface area contributed by atoms with Crippen molar-refractivity contribution >= 4 is 17.4 Å². The molecule has 1 aliphatic heterocycles. The number of hydrogen-bond donors (Lipinski definition) is 2. The standard InChI is InChI=1S/C17H18F2N8O/c1-9-15(17(20)28)21-4-5-26(9)14-6-11(23-8-24-14)12-7-22-13-3-2-10(16(18)19)25-27(12)13/h2-3,6-9,15-16,21H,4-5H2,1H3,(H2,20,28). The van der Waals surface area contributed by atoms with Gasteiger partial charge in [0.1, 0.15) is 29.6 Å². The fourth-order valence-electron chi connectivity index (χ4n) is 3.38. The third kappa shape index (κ3) is 3.13. The summed E-state index contributed by atoms with van der Waals surface area (Å²) < 4.78 is 27.4. The Balaban J connectivity index is 1.72. The molecule has 2 atom stereocenters. The molecule has 0 spiro atoms. The molecule has 28 heavy (non-hydrogen) atoms. The van der Waals surface area contributed by atoms with Crippen molar-refractivity contribution in [3.63, 3.8) is 0 Å². The van der Waals surface area contributed by atoms with Gasteiger partial charge >= 0.3 is 0 Å². The molecular weight excluding hydrogens is 370 g/mol. The summed E-state index contributed by atoms with van der Waals surface area (Å²) in [4.78, 5) is 26.4. The first-order valence-corrected chi connectivity index (χ1v) is 8.70. The lowest BCUT2D eigenvalue weighted by molar-refractivity contribution is -0.120. The molecule has 0 bridgehead atoms. The average Bonchev–Trinajstić information content (AvgIpc) is 3.11. The van der Waals surface area contributed by atoms with Gasteiger partial charge in [0.15, 0.2) is 5.65 Å². The van der Waals surface area contributed by atoms with E-state index in [2.05, 4.69) is 25.4 Å². The molecule has 4 heterocycles.